The molecule has 1 amide bonds. The van der Waals surface area contributed by atoms with Crippen LogP contribution in [0.1, 0.15) is 31.4 Å². The average molecular weight is 334 g/mol. The molecule has 2 saturated heterocycles. The van der Waals surface area contributed by atoms with E-state index in [4.69, 9.17) is 15.2 Å². The van der Waals surface area contributed by atoms with Gasteiger partial charge < -0.3 is 20.1 Å². The highest BCUT2D eigenvalue weighted by Gasteiger charge is 2.35. The lowest BCUT2D eigenvalue weighted by Crippen LogP contribution is -2.37. The first-order valence-electron chi connectivity index (χ1n) is 8.63. The molecule has 0 aromatic carbocycles. The van der Waals surface area contributed by atoms with Crippen molar-refractivity contribution in [2.24, 2.45) is 17.6 Å². The number of aromatic nitrogens is 2. The summed E-state index contributed by atoms with van der Waals surface area (Å²) >= 11 is 0. The van der Waals surface area contributed by atoms with Crippen LogP contribution in [0.2, 0.25) is 0 Å². The van der Waals surface area contributed by atoms with E-state index in [2.05, 4.69) is 14.9 Å². The molecule has 24 heavy (non-hydrogen) atoms. The van der Waals surface area contributed by atoms with Crippen LogP contribution in [0.25, 0.3) is 0 Å². The number of amides is 1. The van der Waals surface area contributed by atoms with Gasteiger partial charge in [-0.25, -0.2) is 9.97 Å². The van der Waals surface area contributed by atoms with E-state index in [0.29, 0.717) is 19.1 Å². The van der Waals surface area contributed by atoms with Crippen molar-refractivity contribution in [3.8, 4) is 0 Å². The number of carbonyl (C=O) groups is 1. The van der Waals surface area contributed by atoms with E-state index in [1.165, 1.54) is 0 Å². The zero-order chi connectivity index (χ0) is 16.9. The van der Waals surface area contributed by atoms with Gasteiger partial charge in [0.25, 0.3) is 0 Å². The van der Waals surface area contributed by atoms with Crippen molar-refractivity contribution in [1.82, 2.24) is 9.97 Å². The van der Waals surface area contributed by atoms with Crippen molar-refractivity contribution in [1.29, 1.82) is 0 Å². The molecule has 7 nitrogen and oxygen atoms in total. The van der Waals surface area contributed by atoms with Crippen molar-refractivity contribution in [3.63, 3.8) is 0 Å². The number of nitrogens with two attached hydrogens (primary N) is 1. The molecule has 2 fully saturated rings. The zero-order valence-corrected chi connectivity index (χ0v) is 14.2. The lowest BCUT2D eigenvalue weighted by molar-refractivity contribution is -0.123. The van der Waals surface area contributed by atoms with Gasteiger partial charge in [-0.15, -0.1) is 0 Å². The fourth-order valence-electron chi connectivity index (χ4n) is 3.72. The van der Waals surface area contributed by atoms with Gasteiger partial charge in [-0.2, -0.15) is 0 Å². The number of methoxy groups -OCH3 is 1. The highest BCUT2D eigenvalue weighted by molar-refractivity contribution is 5.77. The summed E-state index contributed by atoms with van der Waals surface area (Å²) in [4.78, 5) is 22.4. The molecule has 2 N–H and O–H groups in total. The highest BCUT2D eigenvalue weighted by atomic mass is 16.5. The van der Waals surface area contributed by atoms with E-state index in [-0.39, 0.29) is 17.9 Å². The van der Waals surface area contributed by atoms with Crippen LogP contribution in [0.4, 0.5) is 5.82 Å². The number of anilines is 1. The number of carbonyl (C=O) groups excluding carboxylic acids is 1. The molecule has 0 spiro atoms. The molecule has 0 aliphatic carbocycles. The number of piperidine rings is 1. The second-order valence-electron chi connectivity index (χ2n) is 6.67. The Morgan fingerprint density at radius 2 is 2.17 bits per heavy atom. The molecule has 3 heterocycles. The molecular weight excluding hydrogens is 308 g/mol. The van der Waals surface area contributed by atoms with E-state index in [9.17, 15) is 4.79 Å². The number of primary amides is 1. The Morgan fingerprint density at radius 3 is 2.88 bits per heavy atom. The van der Waals surface area contributed by atoms with Crippen LogP contribution >= 0.6 is 0 Å². The summed E-state index contributed by atoms with van der Waals surface area (Å²) in [6.07, 6.45) is 5.46. The minimum atomic E-state index is -0.221. The SMILES string of the molecule is COCc1cc(N2CCC(C[C@H]3OCC[C@H]3C(N)=O)CC2)ncn1. The van der Waals surface area contributed by atoms with E-state index < -0.39 is 0 Å². The van der Waals surface area contributed by atoms with Gasteiger partial charge in [0, 0.05) is 32.9 Å². The Labute approximate surface area is 142 Å². The summed E-state index contributed by atoms with van der Waals surface area (Å²) in [7, 11) is 1.66. The normalized spacial score (nSPS) is 25.1. The molecule has 1 aromatic rings. The molecule has 2 aliphatic heterocycles. The quantitative estimate of drug-likeness (QED) is 0.838. The summed E-state index contributed by atoms with van der Waals surface area (Å²) in [5.41, 5.74) is 6.38. The van der Waals surface area contributed by atoms with Gasteiger partial charge in [0.2, 0.25) is 5.91 Å². The predicted molar refractivity (Wildman–Crippen MR) is 89.3 cm³/mol. The lowest BCUT2D eigenvalue weighted by atomic mass is 9.86. The second kappa shape index (κ2) is 7.90. The molecule has 7 heteroatoms. The first kappa shape index (κ1) is 17.1. The average Bonchev–Trinajstić information content (AvgIpc) is 3.05. The number of nitrogens with zero attached hydrogens (tertiary/aromatic N) is 3. The largest absolute Gasteiger partial charge is 0.378 e. The fraction of sp³-hybridized carbons (Fsp3) is 0.706. The summed E-state index contributed by atoms with van der Waals surface area (Å²) in [5, 5.41) is 0. The first-order chi connectivity index (χ1) is 11.7. The lowest BCUT2D eigenvalue weighted by Gasteiger charge is -2.34. The molecule has 2 aliphatic rings. The number of hydrogen-bond donors (Lipinski definition) is 1. The van der Waals surface area contributed by atoms with Gasteiger partial charge in [-0.3, -0.25) is 4.79 Å². The summed E-state index contributed by atoms with van der Waals surface area (Å²) in [6, 6.07) is 1.99. The minimum absolute atomic E-state index is 0.00593. The van der Waals surface area contributed by atoms with Crippen molar-refractivity contribution >= 4 is 11.7 Å². The smallest absolute Gasteiger partial charge is 0.223 e. The monoisotopic (exact) mass is 334 g/mol. The summed E-state index contributed by atoms with van der Waals surface area (Å²) in [5.74, 6) is 1.21. The van der Waals surface area contributed by atoms with Gasteiger partial charge >= 0.3 is 0 Å². The molecule has 0 unspecified atom stereocenters. The van der Waals surface area contributed by atoms with Crippen LogP contribution in [-0.4, -0.2) is 48.8 Å². The topological polar surface area (TPSA) is 90.6 Å². The van der Waals surface area contributed by atoms with E-state index >= 15 is 0 Å². The molecule has 0 saturated carbocycles. The molecule has 132 valence electrons. The third-order valence-corrected chi connectivity index (χ3v) is 5.08. The Kier molecular flexibility index (Phi) is 5.63. The Morgan fingerprint density at radius 1 is 1.38 bits per heavy atom. The first-order valence-corrected chi connectivity index (χ1v) is 8.63. The standard InChI is InChI=1S/C17H26N4O3/c1-23-10-13-9-16(20-11-19-13)21-5-2-12(3-6-21)8-15-14(17(18)22)4-7-24-15/h9,11-12,14-15H,2-8,10H2,1H3,(H2,18,22)/t14-,15-/m1/s1. The van der Waals surface area contributed by atoms with Crippen LogP contribution in [0.3, 0.4) is 0 Å². The highest BCUT2D eigenvalue weighted by Crippen LogP contribution is 2.31. The zero-order valence-electron chi connectivity index (χ0n) is 14.2. The van der Waals surface area contributed by atoms with Gasteiger partial charge in [-0.05, 0) is 31.6 Å². The van der Waals surface area contributed by atoms with Crippen LogP contribution in [0.15, 0.2) is 12.4 Å². The Hall–Kier alpha value is -1.73. The number of hydrogen-bond acceptors (Lipinski definition) is 6. The van der Waals surface area contributed by atoms with Crippen molar-refractivity contribution in [2.45, 2.75) is 38.4 Å². The van der Waals surface area contributed by atoms with Crippen molar-refractivity contribution < 1.29 is 14.3 Å². The van der Waals surface area contributed by atoms with Gasteiger partial charge in [0.05, 0.1) is 24.3 Å². The van der Waals surface area contributed by atoms with Crippen molar-refractivity contribution in [3.05, 3.63) is 18.1 Å². The molecule has 0 bridgehead atoms. The molecule has 1 aromatic heterocycles. The summed E-state index contributed by atoms with van der Waals surface area (Å²) < 4.78 is 10.9. The third kappa shape index (κ3) is 4.02. The van der Waals surface area contributed by atoms with E-state index in [1.807, 2.05) is 6.07 Å². The third-order valence-electron chi connectivity index (χ3n) is 5.08. The molecular formula is C17H26N4O3. The minimum Gasteiger partial charge on any atom is -0.378 e. The summed E-state index contributed by atoms with van der Waals surface area (Å²) in [6.45, 7) is 3.07. The predicted octanol–water partition coefficient (Wildman–Crippen LogP) is 1.12. The maximum atomic E-state index is 11.5. The second-order valence-corrected chi connectivity index (χ2v) is 6.67. The van der Waals surface area contributed by atoms with E-state index in [0.717, 1.165) is 50.3 Å². The molecule has 3 rings (SSSR count). The maximum Gasteiger partial charge on any atom is 0.223 e. The van der Waals surface area contributed by atoms with Crippen molar-refractivity contribution in [2.75, 3.05) is 31.7 Å². The van der Waals surface area contributed by atoms with Gasteiger partial charge in [-0.1, -0.05) is 0 Å². The van der Waals surface area contributed by atoms with Crippen LogP contribution in [0.5, 0.6) is 0 Å². The Bertz CT molecular complexity index is 561. The fourth-order valence-corrected chi connectivity index (χ4v) is 3.72. The molecule has 2 atom stereocenters. The molecule has 0 radical (unpaired) electrons. The van der Waals surface area contributed by atoms with E-state index in [1.54, 1.807) is 13.4 Å². The van der Waals surface area contributed by atoms with Gasteiger partial charge in [0.1, 0.15) is 12.1 Å². The van der Waals surface area contributed by atoms with Crippen LogP contribution < -0.4 is 10.6 Å². The number of rotatable bonds is 6. The Balaban J connectivity index is 1.52. The van der Waals surface area contributed by atoms with Crippen LogP contribution in [-0.2, 0) is 20.9 Å². The maximum absolute atomic E-state index is 11.5. The number of ether oxygens (including phenoxy) is 2. The van der Waals surface area contributed by atoms with Crippen LogP contribution in [0, 0.1) is 11.8 Å². The van der Waals surface area contributed by atoms with Gasteiger partial charge in [0.15, 0.2) is 0 Å².